The van der Waals surface area contributed by atoms with Gasteiger partial charge in [-0.05, 0) is 50.0 Å². The summed E-state index contributed by atoms with van der Waals surface area (Å²) in [4.78, 5) is 0. The monoisotopic (exact) mass is 251 g/mol. The molecule has 0 bridgehead atoms. The van der Waals surface area contributed by atoms with Crippen LogP contribution in [-0.4, -0.2) is 12.6 Å². The predicted octanol–water partition coefficient (Wildman–Crippen LogP) is 4.76. The van der Waals surface area contributed by atoms with Crippen LogP contribution in [0.2, 0.25) is 0 Å². The highest BCUT2D eigenvalue weighted by Gasteiger charge is 2.21. The maximum atomic E-state index is 3.85. The Morgan fingerprint density at radius 1 is 0.944 bits per heavy atom. The van der Waals surface area contributed by atoms with E-state index in [2.05, 4.69) is 19.2 Å². The quantitative estimate of drug-likeness (QED) is 0.743. The molecule has 1 heteroatoms. The molecule has 0 aliphatic heterocycles. The lowest BCUT2D eigenvalue weighted by atomic mass is 9.80. The van der Waals surface area contributed by atoms with Crippen LogP contribution in [0.3, 0.4) is 0 Å². The summed E-state index contributed by atoms with van der Waals surface area (Å²) in [7, 11) is 0. The van der Waals surface area contributed by atoms with E-state index in [-0.39, 0.29) is 0 Å². The zero-order chi connectivity index (χ0) is 12.8. The average molecular weight is 251 g/mol. The zero-order valence-corrected chi connectivity index (χ0v) is 12.6. The molecular weight excluding hydrogens is 218 g/mol. The molecule has 2 rings (SSSR count). The summed E-state index contributed by atoms with van der Waals surface area (Å²) < 4.78 is 0. The Morgan fingerprint density at radius 3 is 2.50 bits per heavy atom. The van der Waals surface area contributed by atoms with Crippen LogP contribution in [0.25, 0.3) is 0 Å². The topological polar surface area (TPSA) is 12.0 Å². The lowest BCUT2D eigenvalue weighted by Crippen LogP contribution is -2.35. The van der Waals surface area contributed by atoms with E-state index in [0.717, 1.165) is 23.8 Å². The molecule has 2 saturated carbocycles. The molecule has 0 amide bonds. The maximum Gasteiger partial charge on any atom is 0.00697 e. The summed E-state index contributed by atoms with van der Waals surface area (Å²) >= 11 is 0. The van der Waals surface area contributed by atoms with Gasteiger partial charge in [-0.15, -0.1) is 0 Å². The predicted molar refractivity (Wildman–Crippen MR) is 79.8 cm³/mol. The van der Waals surface area contributed by atoms with Crippen molar-refractivity contribution in [2.24, 2.45) is 17.8 Å². The second-order valence-electron chi connectivity index (χ2n) is 7.02. The molecule has 0 aromatic rings. The van der Waals surface area contributed by atoms with Gasteiger partial charge in [-0.1, -0.05) is 52.4 Å². The van der Waals surface area contributed by atoms with E-state index in [9.17, 15) is 0 Å². The van der Waals surface area contributed by atoms with Crippen molar-refractivity contribution < 1.29 is 0 Å². The summed E-state index contributed by atoms with van der Waals surface area (Å²) in [5.41, 5.74) is 0. The molecule has 0 radical (unpaired) electrons. The highest BCUT2D eigenvalue weighted by Crippen LogP contribution is 2.31. The Balaban J connectivity index is 1.59. The van der Waals surface area contributed by atoms with Gasteiger partial charge < -0.3 is 5.32 Å². The van der Waals surface area contributed by atoms with Gasteiger partial charge >= 0.3 is 0 Å². The van der Waals surface area contributed by atoms with Crippen LogP contribution in [0.15, 0.2) is 0 Å². The fourth-order valence-electron chi connectivity index (χ4n) is 4.16. The normalized spacial score (nSPS) is 37.7. The Bertz CT molecular complexity index is 226. The third kappa shape index (κ3) is 4.57. The molecule has 0 heterocycles. The van der Waals surface area contributed by atoms with E-state index >= 15 is 0 Å². The van der Waals surface area contributed by atoms with Gasteiger partial charge in [0.05, 0.1) is 0 Å². The molecule has 0 aromatic carbocycles. The first-order valence-corrected chi connectivity index (χ1v) is 8.51. The van der Waals surface area contributed by atoms with Crippen molar-refractivity contribution in [1.29, 1.82) is 0 Å². The van der Waals surface area contributed by atoms with E-state index in [0.29, 0.717) is 0 Å². The van der Waals surface area contributed by atoms with Gasteiger partial charge in [0.1, 0.15) is 0 Å². The van der Waals surface area contributed by atoms with Gasteiger partial charge in [-0.3, -0.25) is 0 Å². The number of nitrogens with one attached hydrogen (secondary N) is 1. The number of hydrogen-bond acceptors (Lipinski definition) is 1. The molecular formula is C17H33N. The Hall–Kier alpha value is -0.0400. The highest BCUT2D eigenvalue weighted by molar-refractivity contribution is 4.78. The SMILES string of the molecule is CCC1CCCC(NCCC2CCCC(C)C2)C1. The van der Waals surface area contributed by atoms with Crippen LogP contribution in [0, 0.1) is 17.8 Å². The second-order valence-corrected chi connectivity index (χ2v) is 7.02. The van der Waals surface area contributed by atoms with Crippen molar-refractivity contribution in [1.82, 2.24) is 5.32 Å². The molecule has 4 atom stereocenters. The third-order valence-corrected chi connectivity index (χ3v) is 5.39. The minimum Gasteiger partial charge on any atom is -0.314 e. The molecule has 4 unspecified atom stereocenters. The third-order valence-electron chi connectivity index (χ3n) is 5.39. The van der Waals surface area contributed by atoms with Crippen LogP contribution in [0.1, 0.15) is 78.1 Å². The van der Waals surface area contributed by atoms with Crippen LogP contribution < -0.4 is 5.32 Å². The average Bonchev–Trinajstić information content (AvgIpc) is 2.39. The van der Waals surface area contributed by atoms with Crippen molar-refractivity contribution in [2.75, 3.05) is 6.54 Å². The molecule has 1 nitrogen and oxygen atoms in total. The lowest BCUT2D eigenvalue weighted by Gasteiger charge is -2.31. The van der Waals surface area contributed by atoms with Gasteiger partial charge in [-0.2, -0.15) is 0 Å². The molecule has 106 valence electrons. The summed E-state index contributed by atoms with van der Waals surface area (Å²) in [6, 6.07) is 0.838. The molecule has 2 aliphatic rings. The van der Waals surface area contributed by atoms with E-state index < -0.39 is 0 Å². The van der Waals surface area contributed by atoms with Crippen molar-refractivity contribution >= 4 is 0 Å². The summed E-state index contributed by atoms with van der Waals surface area (Å²) in [6.07, 6.45) is 14.6. The van der Waals surface area contributed by atoms with E-state index in [1.165, 1.54) is 70.8 Å². The van der Waals surface area contributed by atoms with Gasteiger partial charge in [0.25, 0.3) is 0 Å². The molecule has 2 aliphatic carbocycles. The van der Waals surface area contributed by atoms with E-state index in [1.807, 2.05) is 0 Å². The fourth-order valence-corrected chi connectivity index (χ4v) is 4.16. The Kier molecular flexibility index (Phi) is 6.01. The van der Waals surface area contributed by atoms with E-state index in [4.69, 9.17) is 0 Å². The molecule has 0 aromatic heterocycles. The number of hydrogen-bond donors (Lipinski definition) is 1. The van der Waals surface area contributed by atoms with Crippen LogP contribution in [0.4, 0.5) is 0 Å². The van der Waals surface area contributed by atoms with Gasteiger partial charge in [0.15, 0.2) is 0 Å². The van der Waals surface area contributed by atoms with Crippen LogP contribution in [-0.2, 0) is 0 Å². The Labute approximate surface area is 114 Å². The molecule has 1 N–H and O–H groups in total. The lowest BCUT2D eigenvalue weighted by molar-refractivity contribution is 0.246. The first-order valence-electron chi connectivity index (χ1n) is 8.51. The van der Waals surface area contributed by atoms with Gasteiger partial charge in [0.2, 0.25) is 0 Å². The maximum absolute atomic E-state index is 3.85. The number of rotatable bonds is 5. The van der Waals surface area contributed by atoms with Crippen molar-refractivity contribution in [3.05, 3.63) is 0 Å². The van der Waals surface area contributed by atoms with Crippen molar-refractivity contribution in [3.8, 4) is 0 Å². The standard InChI is InChI=1S/C17H33N/c1-3-15-7-5-9-17(13-15)18-11-10-16-8-4-6-14(2)12-16/h14-18H,3-13H2,1-2H3. The second kappa shape index (κ2) is 7.53. The van der Waals surface area contributed by atoms with Gasteiger partial charge in [-0.25, -0.2) is 0 Å². The highest BCUT2D eigenvalue weighted by atomic mass is 14.9. The molecule has 0 spiro atoms. The Morgan fingerprint density at radius 2 is 1.72 bits per heavy atom. The van der Waals surface area contributed by atoms with Gasteiger partial charge in [0, 0.05) is 6.04 Å². The first-order chi connectivity index (χ1) is 8.78. The largest absolute Gasteiger partial charge is 0.314 e. The van der Waals surface area contributed by atoms with Crippen molar-refractivity contribution in [3.63, 3.8) is 0 Å². The minimum atomic E-state index is 0.838. The van der Waals surface area contributed by atoms with Crippen LogP contribution in [0.5, 0.6) is 0 Å². The summed E-state index contributed by atoms with van der Waals surface area (Å²) in [5.74, 6) is 3.01. The first kappa shape index (κ1) is 14.4. The van der Waals surface area contributed by atoms with E-state index in [1.54, 1.807) is 0 Å². The van der Waals surface area contributed by atoms with Crippen LogP contribution >= 0.6 is 0 Å². The summed E-state index contributed by atoms with van der Waals surface area (Å²) in [6.45, 7) is 6.07. The molecule has 18 heavy (non-hydrogen) atoms. The smallest absolute Gasteiger partial charge is 0.00697 e. The molecule has 0 saturated heterocycles. The molecule has 2 fully saturated rings. The zero-order valence-electron chi connectivity index (χ0n) is 12.6. The fraction of sp³-hybridized carbons (Fsp3) is 1.00. The van der Waals surface area contributed by atoms with Crippen molar-refractivity contribution in [2.45, 2.75) is 84.1 Å². The summed E-state index contributed by atoms with van der Waals surface area (Å²) in [5, 5.41) is 3.85. The minimum absolute atomic E-state index is 0.838.